The molecular weight excluding hydrogens is 321 g/mol. The van der Waals surface area contributed by atoms with Gasteiger partial charge in [0.2, 0.25) is 0 Å². The standard InChI is InChI=1S/C14H17F3N2O2.ClH/c15-14(16,17)12-8-11(18)6-7-19(12)13(20)21-9-10-4-2-1-3-5-10;/h1-5,11-12H,6-9,18H2;1H/t11-,12-;/m1./s1. The molecule has 1 amide bonds. The quantitative estimate of drug-likeness (QED) is 0.901. The van der Waals surface area contributed by atoms with Gasteiger partial charge in [-0.3, -0.25) is 4.90 Å². The van der Waals surface area contributed by atoms with Crippen molar-refractivity contribution in [1.82, 2.24) is 4.90 Å². The molecule has 0 saturated carbocycles. The maximum absolute atomic E-state index is 13.0. The molecule has 8 heteroatoms. The summed E-state index contributed by atoms with van der Waals surface area (Å²) in [5.74, 6) is 0. The lowest BCUT2D eigenvalue weighted by molar-refractivity contribution is -0.187. The van der Waals surface area contributed by atoms with Crippen LogP contribution in [0.25, 0.3) is 0 Å². The van der Waals surface area contributed by atoms with Crippen LogP contribution in [-0.4, -0.2) is 35.8 Å². The molecule has 0 unspecified atom stereocenters. The van der Waals surface area contributed by atoms with E-state index in [0.717, 1.165) is 10.5 Å². The van der Waals surface area contributed by atoms with Gasteiger partial charge >= 0.3 is 12.3 Å². The van der Waals surface area contributed by atoms with Crippen molar-refractivity contribution in [2.45, 2.75) is 37.7 Å². The van der Waals surface area contributed by atoms with E-state index in [-0.39, 0.29) is 32.0 Å². The van der Waals surface area contributed by atoms with Gasteiger partial charge in [-0.25, -0.2) is 4.79 Å². The molecule has 1 aliphatic rings. The maximum atomic E-state index is 13.0. The molecule has 0 bridgehead atoms. The summed E-state index contributed by atoms with van der Waals surface area (Å²) in [5, 5.41) is 0. The predicted molar refractivity (Wildman–Crippen MR) is 77.6 cm³/mol. The zero-order valence-electron chi connectivity index (χ0n) is 11.8. The summed E-state index contributed by atoms with van der Waals surface area (Å²) in [6, 6.07) is 6.39. The van der Waals surface area contributed by atoms with Crippen LogP contribution < -0.4 is 5.73 Å². The Kier molecular flexibility index (Phi) is 6.49. The van der Waals surface area contributed by atoms with Crippen molar-refractivity contribution in [3.8, 4) is 0 Å². The van der Waals surface area contributed by atoms with E-state index >= 15 is 0 Å². The first-order chi connectivity index (χ1) is 9.88. The number of likely N-dealkylation sites (tertiary alicyclic amines) is 1. The highest BCUT2D eigenvalue weighted by atomic mass is 35.5. The molecule has 2 rings (SSSR count). The Hall–Kier alpha value is -1.47. The van der Waals surface area contributed by atoms with E-state index in [2.05, 4.69) is 0 Å². The maximum Gasteiger partial charge on any atom is 0.410 e. The molecule has 2 N–H and O–H groups in total. The van der Waals surface area contributed by atoms with Gasteiger partial charge in [-0.1, -0.05) is 30.3 Å². The summed E-state index contributed by atoms with van der Waals surface area (Å²) < 4.78 is 43.9. The van der Waals surface area contributed by atoms with Crippen LogP contribution in [0, 0.1) is 0 Å². The Bertz CT molecular complexity index is 485. The number of nitrogens with zero attached hydrogens (tertiary/aromatic N) is 1. The third kappa shape index (κ3) is 4.78. The lowest BCUT2D eigenvalue weighted by atomic mass is 9.98. The lowest BCUT2D eigenvalue weighted by Gasteiger charge is -2.38. The average molecular weight is 339 g/mol. The van der Waals surface area contributed by atoms with Crippen molar-refractivity contribution in [2.75, 3.05) is 6.54 Å². The van der Waals surface area contributed by atoms with Crippen LogP contribution in [0.5, 0.6) is 0 Å². The normalized spacial score (nSPS) is 21.9. The highest BCUT2D eigenvalue weighted by Crippen LogP contribution is 2.32. The van der Waals surface area contributed by atoms with Gasteiger partial charge in [-0.05, 0) is 18.4 Å². The van der Waals surface area contributed by atoms with E-state index in [4.69, 9.17) is 10.5 Å². The fraction of sp³-hybridized carbons (Fsp3) is 0.500. The van der Waals surface area contributed by atoms with Crippen LogP contribution in [0.4, 0.5) is 18.0 Å². The SMILES string of the molecule is Cl.N[C@@H]1CCN(C(=O)OCc2ccccc2)[C@@H](C(F)(F)F)C1. The van der Waals surface area contributed by atoms with Gasteiger partial charge in [0.1, 0.15) is 12.6 Å². The molecule has 0 aliphatic carbocycles. The van der Waals surface area contributed by atoms with Crippen molar-refractivity contribution in [3.63, 3.8) is 0 Å². The van der Waals surface area contributed by atoms with Gasteiger partial charge in [-0.2, -0.15) is 13.2 Å². The highest BCUT2D eigenvalue weighted by molar-refractivity contribution is 5.85. The molecule has 4 nitrogen and oxygen atoms in total. The minimum Gasteiger partial charge on any atom is -0.445 e. The largest absolute Gasteiger partial charge is 0.445 e. The van der Waals surface area contributed by atoms with Gasteiger partial charge in [0, 0.05) is 12.6 Å². The van der Waals surface area contributed by atoms with Crippen LogP contribution in [0.15, 0.2) is 30.3 Å². The molecule has 1 saturated heterocycles. The summed E-state index contributed by atoms with van der Waals surface area (Å²) in [4.78, 5) is 12.6. The lowest BCUT2D eigenvalue weighted by Crippen LogP contribution is -2.55. The molecule has 1 aliphatic heterocycles. The number of piperidine rings is 1. The van der Waals surface area contributed by atoms with Crippen molar-refractivity contribution >= 4 is 18.5 Å². The van der Waals surface area contributed by atoms with Crippen molar-refractivity contribution in [2.24, 2.45) is 5.73 Å². The number of ether oxygens (including phenoxy) is 1. The minimum absolute atomic E-state index is 0. The van der Waals surface area contributed by atoms with Crippen LogP contribution in [0.2, 0.25) is 0 Å². The third-order valence-corrected chi connectivity index (χ3v) is 3.46. The third-order valence-electron chi connectivity index (χ3n) is 3.46. The number of hydrogen-bond donors (Lipinski definition) is 1. The molecule has 124 valence electrons. The monoisotopic (exact) mass is 338 g/mol. The molecule has 0 spiro atoms. The first kappa shape index (κ1) is 18.6. The van der Waals surface area contributed by atoms with Gasteiger partial charge in [0.15, 0.2) is 0 Å². The minimum atomic E-state index is -4.50. The summed E-state index contributed by atoms with van der Waals surface area (Å²) in [6.07, 6.45) is -5.39. The molecule has 2 atom stereocenters. The fourth-order valence-electron chi connectivity index (χ4n) is 2.32. The summed E-state index contributed by atoms with van der Waals surface area (Å²) in [7, 11) is 0. The van der Waals surface area contributed by atoms with Crippen LogP contribution in [0.1, 0.15) is 18.4 Å². The number of benzene rings is 1. The summed E-state index contributed by atoms with van der Waals surface area (Å²) in [5.41, 5.74) is 6.30. The second-order valence-corrected chi connectivity index (χ2v) is 5.08. The predicted octanol–water partition coefficient (Wildman–Crippen LogP) is 3.10. The van der Waals surface area contributed by atoms with Crippen molar-refractivity contribution in [3.05, 3.63) is 35.9 Å². The molecule has 1 aromatic carbocycles. The van der Waals surface area contributed by atoms with Crippen molar-refractivity contribution in [1.29, 1.82) is 0 Å². The van der Waals surface area contributed by atoms with E-state index < -0.39 is 24.4 Å². The zero-order chi connectivity index (χ0) is 15.5. The van der Waals surface area contributed by atoms with Gasteiger partial charge in [-0.15, -0.1) is 12.4 Å². The van der Waals surface area contributed by atoms with E-state index in [1.165, 1.54) is 0 Å². The highest BCUT2D eigenvalue weighted by Gasteiger charge is 2.48. The first-order valence-corrected chi connectivity index (χ1v) is 6.67. The Labute approximate surface area is 132 Å². The Morgan fingerprint density at radius 3 is 2.55 bits per heavy atom. The average Bonchev–Trinajstić information content (AvgIpc) is 2.45. The number of carbonyl (C=O) groups excluding carboxylic acids is 1. The van der Waals surface area contributed by atoms with Crippen LogP contribution >= 0.6 is 12.4 Å². The summed E-state index contributed by atoms with van der Waals surface area (Å²) >= 11 is 0. The van der Waals surface area contributed by atoms with Gasteiger partial charge in [0.25, 0.3) is 0 Å². The topological polar surface area (TPSA) is 55.6 Å². The number of halogens is 4. The Balaban J connectivity index is 0.00000242. The molecule has 1 heterocycles. The van der Waals surface area contributed by atoms with E-state index in [0.29, 0.717) is 6.42 Å². The van der Waals surface area contributed by atoms with E-state index in [9.17, 15) is 18.0 Å². The Morgan fingerprint density at radius 1 is 1.32 bits per heavy atom. The number of amides is 1. The zero-order valence-corrected chi connectivity index (χ0v) is 12.6. The molecule has 0 aromatic heterocycles. The number of rotatable bonds is 2. The van der Waals surface area contributed by atoms with Gasteiger partial charge < -0.3 is 10.5 Å². The molecule has 22 heavy (non-hydrogen) atoms. The first-order valence-electron chi connectivity index (χ1n) is 6.67. The molecular formula is C14H18ClF3N2O2. The van der Waals surface area contributed by atoms with Crippen LogP contribution in [-0.2, 0) is 11.3 Å². The number of carbonyl (C=O) groups is 1. The Morgan fingerprint density at radius 2 is 1.95 bits per heavy atom. The van der Waals surface area contributed by atoms with Crippen molar-refractivity contribution < 1.29 is 22.7 Å². The molecule has 0 radical (unpaired) electrons. The molecule has 1 fully saturated rings. The fourth-order valence-corrected chi connectivity index (χ4v) is 2.32. The number of alkyl halides is 3. The second-order valence-electron chi connectivity index (χ2n) is 5.08. The van der Waals surface area contributed by atoms with E-state index in [1.807, 2.05) is 0 Å². The second kappa shape index (κ2) is 7.69. The smallest absolute Gasteiger partial charge is 0.410 e. The van der Waals surface area contributed by atoms with E-state index in [1.54, 1.807) is 30.3 Å². The number of nitrogens with two attached hydrogens (primary N) is 1. The number of hydrogen-bond acceptors (Lipinski definition) is 3. The molecule has 1 aromatic rings. The summed E-state index contributed by atoms with van der Waals surface area (Å²) in [6.45, 7) is -0.0915. The van der Waals surface area contributed by atoms with Gasteiger partial charge in [0.05, 0.1) is 0 Å². The van der Waals surface area contributed by atoms with Crippen LogP contribution in [0.3, 0.4) is 0 Å².